The first-order chi connectivity index (χ1) is 10.3. The van der Waals surface area contributed by atoms with Crippen LogP contribution in [0, 0.1) is 0 Å². The Bertz CT molecular complexity index is 806. The highest BCUT2D eigenvalue weighted by atomic mass is 16.5. The minimum atomic E-state index is -0.495. The highest BCUT2D eigenvalue weighted by Crippen LogP contribution is 2.23. The molecular formula is C17H14O4. The molecule has 0 aliphatic carbocycles. The van der Waals surface area contributed by atoms with Crippen LogP contribution in [0.25, 0.3) is 11.0 Å². The SMILES string of the molecule is COc1cc2ccc(OCc3ccccc3)cc2oc1=O. The molecule has 0 atom stereocenters. The van der Waals surface area contributed by atoms with Crippen molar-refractivity contribution in [1.29, 1.82) is 0 Å². The van der Waals surface area contributed by atoms with Crippen molar-refractivity contribution >= 4 is 11.0 Å². The molecule has 3 rings (SSSR count). The predicted octanol–water partition coefficient (Wildman–Crippen LogP) is 3.38. The number of hydrogen-bond donors (Lipinski definition) is 0. The molecule has 0 radical (unpaired) electrons. The van der Waals surface area contributed by atoms with Crippen molar-refractivity contribution in [2.75, 3.05) is 7.11 Å². The summed E-state index contributed by atoms with van der Waals surface area (Å²) in [5.74, 6) is 0.847. The van der Waals surface area contributed by atoms with Crippen molar-refractivity contribution < 1.29 is 13.9 Å². The van der Waals surface area contributed by atoms with E-state index in [-0.39, 0.29) is 5.75 Å². The van der Waals surface area contributed by atoms with Gasteiger partial charge in [-0.3, -0.25) is 0 Å². The maximum absolute atomic E-state index is 11.6. The summed E-state index contributed by atoms with van der Waals surface area (Å²) < 4.78 is 15.9. The number of methoxy groups -OCH3 is 1. The Kier molecular flexibility index (Phi) is 3.60. The third-order valence-corrected chi connectivity index (χ3v) is 3.14. The molecule has 0 aliphatic rings. The van der Waals surface area contributed by atoms with Crippen LogP contribution in [0.2, 0.25) is 0 Å². The summed E-state index contributed by atoms with van der Waals surface area (Å²) in [6.07, 6.45) is 0. The quantitative estimate of drug-likeness (QED) is 0.688. The van der Waals surface area contributed by atoms with Crippen LogP contribution in [0.4, 0.5) is 0 Å². The number of hydrogen-bond acceptors (Lipinski definition) is 4. The molecule has 0 saturated carbocycles. The Morgan fingerprint density at radius 3 is 2.62 bits per heavy atom. The molecule has 3 aromatic rings. The summed E-state index contributed by atoms with van der Waals surface area (Å²) in [6, 6.07) is 16.9. The van der Waals surface area contributed by atoms with Gasteiger partial charge in [-0.1, -0.05) is 30.3 Å². The second kappa shape index (κ2) is 5.71. The van der Waals surface area contributed by atoms with Gasteiger partial charge < -0.3 is 13.9 Å². The third kappa shape index (κ3) is 2.89. The predicted molar refractivity (Wildman–Crippen MR) is 79.8 cm³/mol. The molecule has 4 heteroatoms. The fourth-order valence-corrected chi connectivity index (χ4v) is 2.05. The van der Waals surface area contributed by atoms with Gasteiger partial charge in [-0.25, -0.2) is 4.79 Å². The molecule has 0 saturated heterocycles. The molecule has 21 heavy (non-hydrogen) atoms. The Balaban J connectivity index is 1.86. The lowest BCUT2D eigenvalue weighted by Crippen LogP contribution is -2.03. The molecule has 2 aromatic carbocycles. The highest BCUT2D eigenvalue weighted by Gasteiger charge is 2.06. The maximum Gasteiger partial charge on any atom is 0.379 e. The highest BCUT2D eigenvalue weighted by molar-refractivity contribution is 5.79. The lowest BCUT2D eigenvalue weighted by Gasteiger charge is -2.07. The Labute approximate surface area is 121 Å². The average molecular weight is 282 g/mol. The van der Waals surface area contributed by atoms with Crippen LogP contribution in [0.3, 0.4) is 0 Å². The van der Waals surface area contributed by atoms with E-state index in [0.29, 0.717) is 17.9 Å². The number of ether oxygens (including phenoxy) is 2. The van der Waals surface area contributed by atoms with E-state index in [2.05, 4.69) is 0 Å². The van der Waals surface area contributed by atoms with Gasteiger partial charge in [0.1, 0.15) is 17.9 Å². The van der Waals surface area contributed by atoms with Crippen molar-refractivity contribution in [2.24, 2.45) is 0 Å². The molecule has 0 amide bonds. The first kappa shape index (κ1) is 13.2. The van der Waals surface area contributed by atoms with Crippen molar-refractivity contribution in [1.82, 2.24) is 0 Å². The summed E-state index contributed by atoms with van der Waals surface area (Å²) in [5.41, 5.74) is 1.06. The third-order valence-electron chi connectivity index (χ3n) is 3.14. The Hall–Kier alpha value is -2.75. The Morgan fingerprint density at radius 2 is 1.86 bits per heavy atom. The molecule has 0 bridgehead atoms. The molecule has 0 aliphatic heterocycles. The molecule has 4 nitrogen and oxygen atoms in total. The fourth-order valence-electron chi connectivity index (χ4n) is 2.05. The second-order valence-electron chi connectivity index (χ2n) is 4.58. The van der Waals surface area contributed by atoms with Gasteiger partial charge in [0, 0.05) is 11.5 Å². The first-order valence-electron chi connectivity index (χ1n) is 6.55. The van der Waals surface area contributed by atoms with Crippen LogP contribution < -0.4 is 15.1 Å². The van der Waals surface area contributed by atoms with Crippen molar-refractivity contribution in [3.8, 4) is 11.5 Å². The molecule has 106 valence electrons. The average Bonchev–Trinajstić information content (AvgIpc) is 2.53. The summed E-state index contributed by atoms with van der Waals surface area (Å²) in [4.78, 5) is 11.6. The summed E-state index contributed by atoms with van der Waals surface area (Å²) in [6.45, 7) is 0.465. The smallest absolute Gasteiger partial charge is 0.379 e. The van der Waals surface area contributed by atoms with E-state index >= 15 is 0 Å². The topological polar surface area (TPSA) is 48.7 Å². The normalized spacial score (nSPS) is 10.5. The number of fused-ring (bicyclic) bond motifs is 1. The first-order valence-corrected chi connectivity index (χ1v) is 6.55. The molecule has 0 N–H and O–H groups in total. The summed E-state index contributed by atoms with van der Waals surface area (Å²) in [5, 5.41) is 0.790. The fraction of sp³-hybridized carbons (Fsp3) is 0.118. The van der Waals surface area contributed by atoms with E-state index in [1.165, 1.54) is 7.11 Å². The molecular weight excluding hydrogens is 268 g/mol. The molecule has 0 spiro atoms. The maximum atomic E-state index is 11.6. The minimum absolute atomic E-state index is 0.195. The van der Waals surface area contributed by atoms with E-state index in [1.54, 1.807) is 12.1 Å². The Morgan fingerprint density at radius 1 is 1.05 bits per heavy atom. The van der Waals surface area contributed by atoms with Crippen LogP contribution >= 0.6 is 0 Å². The molecule has 0 fully saturated rings. The van der Waals surface area contributed by atoms with E-state index in [4.69, 9.17) is 13.9 Å². The van der Waals surface area contributed by atoms with E-state index in [1.807, 2.05) is 42.5 Å². The van der Waals surface area contributed by atoms with Crippen molar-refractivity contribution in [3.05, 3.63) is 70.6 Å². The minimum Gasteiger partial charge on any atom is -0.490 e. The van der Waals surface area contributed by atoms with Gasteiger partial charge in [-0.2, -0.15) is 0 Å². The summed E-state index contributed by atoms with van der Waals surface area (Å²) >= 11 is 0. The van der Waals surface area contributed by atoms with Gasteiger partial charge in [-0.05, 0) is 23.8 Å². The van der Waals surface area contributed by atoms with E-state index in [0.717, 1.165) is 10.9 Å². The zero-order chi connectivity index (χ0) is 14.7. The lowest BCUT2D eigenvalue weighted by molar-refractivity contribution is 0.306. The van der Waals surface area contributed by atoms with Gasteiger partial charge in [0.25, 0.3) is 0 Å². The molecule has 1 aromatic heterocycles. The standard InChI is InChI=1S/C17H14O4/c1-19-16-9-13-7-8-14(10-15(13)21-17(16)18)20-11-12-5-3-2-4-6-12/h2-10H,11H2,1H3. The van der Waals surface area contributed by atoms with Gasteiger partial charge in [-0.15, -0.1) is 0 Å². The lowest BCUT2D eigenvalue weighted by atomic mass is 10.2. The zero-order valence-electron chi connectivity index (χ0n) is 11.5. The number of rotatable bonds is 4. The summed E-state index contributed by atoms with van der Waals surface area (Å²) in [7, 11) is 1.44. The van der Waals surface area contributed by atoms with Gasteiger partial charge in [0.15, 0.2) is 0 Å². The molecule has 0 unspecified atom stereocenters. The van der Waals surface area contributed by atoms with E-state index < -0.39 is 5.63 Å². The van der Waals surface area contributed by atoms with Gasteiger partial charge in [0.2, 0.25) is 5.75 Å². The zero-order valence-corrected chi connectivity index (χ0v) is 11.5. The van der Waals surface area contributed by atoms with Crippen LogP contribution in [0.1, 0.15) is 5.56 Å². The van der Waals surface area contributed by atoms with Crippen LogP contribution in [-0.2, 0) is 6.61 Å². The second-order valence-corrected chi connectivity index (χ2v) is 4.58. The van der Waals surface area contributed by atoms with Gasteiger partial charge >= 0.3 is 5.63 Å². The van der Waals surface area contributed by atoms with E-state index in [9.17, 15) is 4.79 Å². The molecule has 1 heterocycles. The number of benzene rings is 2. The largest absolute Gasteiger partial charge is 0.490 e. The van der Waals surface area contributed by atoms with Crippen LogP contribution in [0.5, 0.6) is 11.5 Å². The van der Waals surface area contributed by atoms with Crippen LogP contribution in [-0.4, -0.2) is 7.11 Å². The van der Waals surface area contributed by atoms with Crippen molar-refractivity contribution in [3.63, 3.8) is 0 Å². The van der Waals surface area contributed by atoms with Gasteiger partial charge in [0.05, 0.1) is 7.11 Å². The van der Waals surface area contributed by atoms with Crippen LogP contribution in [0.15, 0.2) is 63.8 Å². The van der Waals surface area contributed by atoms with Crippen molar-refractivity contribution in [2.45, 2.75) is 6.61 Å². The monoisotopic (exact) mass is 282 g/mol.